The predicted molar refractivity (Wildman–Crippen MR) is 120 cm³/mol. The number of carbonyl (C=O) groups is 1. The number of fused-ring (bicyclic) bond motifs is 4. The summed E-state index contributed by atoms with van der Waals surface area (Å²) in [7, 11) is 1.74. The lowest BCUT2D eigenvalue weighted by atomic mass is 9.81. The van der Waals surface area contributed by atoms with Gasteiger partial charge in [0, 0.05) is 30.3 Å². The van der Waals surface area contributed by atoms with E-state index in [0.717, 1.165) is 29.3 Å². The van der Waals surface area contributed by atoms with Crippen molar-refractivity contribution in [2.45, 2.75) is 37.8 Å². The molecule has 4 aromatic rings. The maximum absolute atomic E-state index is 14.8. The molecule has 4 heterocycles. The minimum Gasteiger partial charge on any atom is -0.327 e. The Morgan fingerprint density at radius 2 is 1.77 bits per heavy atom. The summed E-state index contributed by atoms with van der Waals surface area (Å²) < 4.78 is 44.4. The first-order valence-electron chi connectivity index (χ1n) is 11.4. The molecule has 1 fully saturated rings. The van der Waals surface area contributed by atoms with E-state index >= 15 is 0 Å². The van der Waals surface area contributed by atoms with Gasteiger partial charge in [0.1, 0.15) is 17.3 Å². The molecule has 7 nitrogen and oxygen atoms in total. The molecule has 2 unspecified atom stereocenters. The summed E-state index contributed by atoms with van der Waals surface area (Å²) in [6.45, 7) is 0. The Morgan fingerprint density at radius 3 is 2.51 bits per heavy atom. The Kier molecular flexibility index (Phi) is 4.98. The number of aryl methyl sites for hydroxylation is 1. The summed E-state index contributed by atoms with van der Waals surface area (Å²) in [6.07, 6.45) is 5.70. The lowest BCUT2D eigenvalue weighted by molar-refractivity contribution is 0.0391. The summed E-state index contributed by atoms with van der Waals surface area (Å²) in [5.74, 6) is -2.23. The standard InChI is InChI=1S/C25H21F3N6O/c1-32-23(14-10-15(26)12-16(27)11-14)19-13-17-4-2-7-21(22(19)31-32)33(17)25(35)18-5-3-6-20(28)24(18)34-29-8-9-30-34/h3,5-6,8-12,17,21H,2,4,7,13H2,1H3. The van der Waals surface area contributed by atoms with E-state index in [0.29, 0.717) is 29.8 Å². The Labute approximate surface area is 198 Å². The van der Waals surface area contributed by atoms with Gasteiger partial charge in [0.05, 0.1) is 35.4 Å². The van der Waals surface area contributed by atoms with Crippen LogP contribution in [0.1, 0.15) is 46.9 Å². The summed E-state index contributed by atoms with van der Waals surface area (Å²) in [5.41, 5.74) is 2.84. The lowest BCUT2D eigenvalue weighted by Crippen LogP contribution is -2.50. The highest BCUT2D eigenvalue weighted by atomic mass is 19.1. The van der Waals surface area contributed by atoms with Gasteiger partial charge in [-0.05, 0) is 49.9 Å². The van der Waals surface area contributed by atoms with Crippen LogP contribution in [0, 0.1) is 17.5 Å². The van der Waals surface area contributed by atoms with Crippen LogP contribution in [0.25, 0.3) is 16.9 Å². The van der Waals surface area contributed by atoms with Gasteiger partial charge in [-0.25, -0.2) is 13.2 Å². The van der Waals surface area contributed by atoms with Crippen LogP contribution >= 0.6 is 0 Å². The summed E-state index contributed by atoms with van der Waals surface area (Å²) in [6, 6.07) is 7.29. The van der Waals surface area contributed by atoms with Crippen LogP contribution in [0.2, 0.25) is 0 Å². The number of carbonyl (C=O) groups excluding carboxylic acids is 1. The Balaban J connectivity index is 1.45. The van der Waals surface area contributed by atoms with E-state index in [-0.39, 0.29) is 29.2 Å². The van der Waals surface area contributed by atoms with Crippen molar-refractivity contribution in [2.75, 3.05) is 0 Å². The van der Waals surface area contributed by atoms with Crippen LogP contribution in [-0.4, -0.2) is 41.6 Å². The molecule has 0 aliphatic carbocycles. The molecule has 6 rings (SSSR count). The van der Waals surface area contributed by atoms with Crippen molar-refractivity contribution in [3.63, 3.8) is 0 Å². The SMILES string of the molecule is Cn1nc2c(c1-c1cc(F)cc(F)c1)CC1CCCC2N1C(=O)c1cccc(F)c1-n1nccn1. The third-order valence-electron chi connectivity index (χ3n) is 6.88. The van der Waals surface area contributed by atoms with Gasteiger partial charge in [0.15, 0.2) is 5.82 Å². The number of hydrogen-bond acceptors (Lipinski definition) is 4. The molecule has 2 aliphatic heterocycles. The molecule has 1 amide bonds. The highest BCUT2D eigenvalue weighted by Crippen LogP contribution is 2.45. The number of nitrogens with zero attached hydrogens (tertiary/aromatic N) is 6. The van der Waals surface area contributed by atoms with E-state index in [1.54, 1.807) is 22.7 Å². The van der Waals surface area contributed by atoms with Crippen LogP contribution in [0.4, 0.5) is 13.2 Å². The zero-order chi connectivity index (χ0) is 24.3. The average Bonchev–Trinajstić information content (AvgIpc) is 3.45. The second kappa shape index (κ2) is 8.07. The summed E-state index contributed by atoms with van der Waals surface area (Å²) in [4.78, 5) is 16.8. The van der Waals surface area contributed by atoms with Gasteiger partial charge in [-0.2, -0.15) is 15.3 Å². The van der Waals surface area contributed by atoms with E-state index in [4.69, 9.17) is 5.10 Å². The average molecular weight is 478 g/mol. The second-order valence-electron chi connectivity index (χ2n) is 8.97. The van der Waals surface area contributed by atoms with E-state index < -0.39 is 17.5 Å². The van der Waals surface area contributed by atoms with Crippen LogP contribution in [0.15, 0.2) is 48.8 Å². The van der Waals surface area contributed by atoms with Crippen molar-refractivity contribution >= 4 is 5.91 Å². The van der Waals surface area contributed by atoms with Gasteiger partial charge in [-0.3, -0.25) is 9.48 Å². The first-order valence-corrected chi connectivity index (χ1v) is 11.4. The zero-order valence-electron chi connectivity index (χ0n) is 18.8. The highest BCUT2D eigenvalue weighted by molar-refractivity contribution is 5.98. The van der Waals surface area contributed by atoms with Crippen molar-refractivity contribution < 1.29 is 18.0 Å². The fourth-order valence-corrected chi connectivity index (χ4v) is 5.56. The van der Waals surface area contributed by atoms with E-state index in [2.05, 4.69) is 10.2 Å². The van der Waals surface area contributed by atoms with Gasteiger partial charge in [-0.1, -0.05) is 6.07 Å². The van der Waals surface area contributed by atoms with E-state index in [9.17, 15) is 18.0 Å². The highest BCUT2D eigenvalue weighted by Gasteiger charge is 2.44. The quantitative estimate of drug-likeness (QED) is 0.438. The number of aromatic nitrogens is 5. The van der Waals surface area contributed by atoms with Gasteiger partial charge in [0.25, 0.3) is 5.91 Å². The Morgan fingerprint density at radius 1 is 1.03 bits per heavy atom. The lowest BCUT2D eigenvalue weighted by Gasteiger charge is -2.45. The van der Waals surface area contributed by atoms with Gasteiger partial charge in [-0.15, -0.1) is 4.80 Å². The molecule has 0 saturated carbocycles. The number of hydrogen-bond donors (Lipinski definition) is 0. The molecule has 2 atom stereocenters. The van der Waals surface area contributed by atoms with E-state index in [1.165, 1.54) is 36.7 Å². The molecule has 2 aromatic heterocycles. The fraction of sp³-hybridized carbons (Fsp3) is 0.280. The fourth-order valence-electron chi connectivity index (χ4n) is 5.56. The molecule has 0 radical (unpaired) electrons. The summed E-state index contributed by atoms with van der Waals surface area (Å²) in [5, 5.41) is 12.7. The van der Waals surface area contributed by atoms with Crippen LogP contribution in [0.5, 0.6) is 0 Å². The first kappa shape index (κ1) is 21.6. The number of rotatable bonds is 3. The summed E-state index contributed by atoms with van der Waals surface area (Å²) >= 11 is 0. The molecular formula is C25H21F3N6O. The van der Waals surface area contributed by atoms with E-state index in [1.807, 2.05) is 0 Å². The van der Waals surface area contributed by atoms with Gasteiger partial charge < -0.3 is 4.90 Å². The maximum atomic E-state index is 14.8. The Hall–Kier alpha value is -3.95. The Bertz CT molecular complexity index is 1430. The smallest absolute Gasteiger partial charge is 0.257 e. The maximum Gasteiger partial charge on any atom is 0.257 e. The molecule has 35 heavy (non-hydrogen) atoms. The number of para-hydroxylation sites is 1. The molecule has 0 N–H and O–H groups in total. The normalized spacial score (nSPS) is 19.0. The van der Waals surface area contributed by atoms with Crippen molar-refractivity contribution in [1.29, 1.82) is 0 Å². The number of halogens is 3. The minimum absolute atomic E-state index is 0.00307. The van der Waals surface area contributed by atoms with Crippen molar-refractivity contribution in [3.8, 4) is 16.9 Å². The predicted octanol–water partition coefficient (Wildman–Crippen LogP) is 4.38. The molecular weight excluding hydrogens is 457 g/mol. The monoisotopic (exact) mass is 478 g/mol. The number of benzene rings is 2. The van der Waals surface area contributed by atoms with Gasteiger partial charge >= 0.3 is 0 Å². The largest absolute Gasteiger partial charge is 0.327 e. The van der Waals surface area contributed by atoms with Crippen LogP contribution in [-0.2, 0) is 13.5 Å². The zero-order valence-corrected chi connectivity index (χ0v) is 18.8. The molecule has 2 aromatic carbocycles. The van der Waals surface area contributed by atoms with Crippen LogP contribution < -0.4 is 0 Å². The number of amides is 1. The van der Waals surface area contributed by atoms with Crippen molar-refractivity contribution in [2.24, 2.45) is 7.05 Å². The van der Waals surface area contributed by atoms with Crippen molar-refractivity contribution in [3.05, 3.63) is 83.1 Å². The molecule has 2 bridgehead atoms. The van der Waals surface area contributed by atoms with Gasteiger partial charge in [0.2, 0.25) is 0 Å². The molecule has 178 valence electrons. The first-order chi connectivity index (χ1) is 16.9. The third-order valence-corrected chi connectivity index (χ3v) is 6.88. The number of piperidine rings is 1. The topological polar surface area (TPSA) is 68.8 Å². The minimum atomic E-state index is -0.659. The molecule has 1 saturated heterocycles. The third kappa shape index (κ3) is 3.43. The van der Waals surface area contributed by atoms with Crippen molar-refractivity contribution in [1.82, 2.24) is 29.7 Å². The second-order valence-corrected chi connectivity index (χ2v) is 8.97. The molecule has 10 heteroatoms. The van der Waals surface area contributed by atoms with Crippen LogP contribution in [0.3, 0.4) is 0 Å². The molecule has 0 spiro atoms. The molecule has 2 aliphatic rings.